The number of benzene rings is 1. The van der Waals surface area contributed by atoms with Crippen molar-refractivity contribution in [3.8, 4) is 0 Å². The number of amides is 1. The van der Waals surface area contributed by atoms with Crippen LogP contribution in [-0.4, -0.2) is 39.8 Å². The van der Waals surface area contributed by atoms with Crippen LogP contribution in [0.25, 0.3) is 5.65 Å². The minimum atomic E-state index is 0.00484. The van der Waals surface area contributed by atoms with Gasteiger partial charge in [0.15, 0.2) is 5.69 Å². The fourth-order valence-electron chi connectivity index (χ4n) is 4.66. The number of aromatic nitrogens is 2. The summed E-state index contributed by atoms with van der Waals surface area (Å²) in [5.74, 6) is 1.65. The van der Waals surface area contributed by atoms with Crippen LogP contribution in [0.15, 0.2) is 48.7 Å². The maximum atomic E-state index is 13.4. The van der Waals surface area contributed by atoms with E-state index in [4.69, 9.17) is 4.98 Å². The molecule has 0 spiro atoms. The van der Waals surface area contributed by atoms with Crippen molar-refractivity contribution < 1.29 is 4.79 Å². The number of nitrogens with zero attached hydrogens (tertiary/aromatic N) is 3. The van der Waals surface area contributed by atoms with Crippen LogP contribution >= 0.6 is 0 Å². The van der Waals surface area contributed by atoms with Crippen LogP contribution in [0.1, 0.15) is 53.0 Å². The topological polar surface area (TPSA) is 49.6 Å². The Morgan fingerprint density at radius 3 is 2.52 bits per heavy atom. The van der Waals surface area contributed by atoms with E-state index in [1.165, 1.54) is 31.2 Å². The molecule has 0 unspecified atom stereocenters. The van der Waals surface area contributed by atoms with Gasteiger partial charge in [0, 0.05) is 32.4 Å². The predicted octanol–water partition coefficient (Wildman–Crippen LogP) is 4.24. The molecule has 0 aliphatic heterocycles. The van der Waals surface area contributed by atoms with Crippen molar-refractivity contribution in [2.75, 3.05) is 13.6 Å². The number of likely N-dealkylation sites (N-methyl/N-ethyl adjacent to an activating group) is 1. The van der Waals surface area contributed by atoms with E-state index in [0.29, 0.717) is 24.8 Å². The van der Waals surface area contributed by atoms with Gasteiger partial charge in [0.2, 0.25) is 0 Å². The van der Waals surface area contributed by atoms with E-state index in [0.717, 1.165) is 35.2 Å². The molecule has 1 N–H and O–H groups in total. The average Bonchev–Trinajstić information content (AvgIpc) is 3.71. The van der Waals surface area contributed by atoms with Gasteiger partial charge in [-0.1, -0.05) is 36.4 Å². The minimum absolute atomic E-state index is 0.00484. The average molecular weight is 417 g/mol. The standard InChI is InChI=1S/C26H32N4O/c1-18-7-6-15-30-22(17-27-23(20-10-11-20)21-12-13-21)24(28-25(18)30)26(31)29(2)16-14-19-8-4-3-5-9-19/h3-9,15,20-21,23,27H,10-14,16-17H2,1-2H3. The second-order valence-electron chi connectivity index (χ2n) is 9.34. The molecule has 0 atom stereocenters. The first-order valence-corrected chi connectivity index (χ1v) is 11.6. The van der Waals surface area contributed by atoms with Crippen molar-refractivity contribution in [1.29, 1.82) is 0 Å². The Morgan fingerprint density at radius 1 is 1.13 bits per heavy atom. The molecule has 31 heavy (non-hydrogen) atoms. The molecular formula is C26H32N4O. The van der Waals surface area contributed by atoms with Gasteiger partial charge in [-0.15, -0.1) is 0 Å². The highest BCUT2D eigenvalue weighted by Gasteiger charge is 2.41. The number of pyridine rings is 1. The van der Waals surface area contributed by atoms with Crippen molar-refractivity contribution in [3.63, 3.8) is 0 Å². The molecule has 5 rings (SSSR count). The molecular weight excluding hydrogens is 384 g/mol. The van der Waals surface area contributed by atoms with Crippen LogP contribution in [0.4, 0.5) is 0 Å². The van der Waals surface area contributed by atoms with Gasteiger partial charge in [-0.05, 0) is 68.1 Å². The van der Waals surface area contributed by atoms with Crippen molar-refractivity contribution in [2.45, 2.75) is 51.6 Å². The number of nitrogens with one attached hydrogen (secondary N) is 1. The summed E-state index contributed by atoms with van der Waals surface area (Å²) in [4.78, 5) is 20.1. The van der Waals surface area contributed by atoms with Crippen LogP contribution in [0, 0.1) is 18.8 Å². The Labute approximate surface area is 184 Å². The molecule has 0 bridgehead atoms. The summed E-state index contributed by atoms with van der Waals surface area (Å²) >= 11 is 0. The molecule has 3 aromatic rings. The van der Waals surface area contributed by atoms with Crippen LogP contribution in [0.3, 0.4) is 0 Å². The second kappa shape index (κ2) is 8.46. The van der Waals surface area contributed by atoms with Gasteiger partial charge < -0.3 is 14.6 Å². The van der Waals surface area contributed by atoms with Crippen LogP contribution in [0.5, 0.6) is 0 Å². The fourth-order valence-corrected chi connectivity index (χ4v) is 4.66. The molecule has 2 aliphatic rings. The summed E-state index contributed by atoms with van der Waals surface area (Å²) in [6.07, 6.45) is 8.25. The highest BCUT2D eigenvalue weighted by Crippen LogP contribution is 2.44. The molecule has 1 amide bonds. The van der Waals surface area contributed by atoms with Crippen molar-refractivity contribution >= 4 is 11.6 Å². The second-order valence-corrected chi connectivity index (χ2v) is 9.34. The molecule has 2 heterocycles. The van der Waals surface area contributed by atoms with Crippen molar-refractivity contribution in [3.05, 3.63) is 71.2 Å². The lowest BCUT2D eigenvalue weighted by atomic mass is 10.1. The lowest BCUT2D eigenvalue weighted by Crippen LogP contribution is -2.34. The summed E-state index contributed by atoms with van der Waals surface area (Å²) in [6, 6.07) is 15.0. The number of carbonyl (C=O) groups excluding carboxylic acids is 1. The zero-order valence-electron chi connectivity index (χ0n) is 18.6. The molecule has 5 heteroatoms. The number of fused-ring (bicyclic) bond motifs is 1. The van der Waals surface area contributed by atoms with Crippen LogP contribution < -0.4 is 5.32 Å². The summed E-state index contributed by atoms with van der Waals surface area (Å²) in [6.45, 7) is 3.43. The number of hydrogen-bond donors (Lipinski definition) is 1. The first-order valence-electron chi connectivity index (χ1n) is 11.6. The molecule has 2 aliphatic carbocycles. The number of hydrogen-bond acceptors (Lipinski definition) is 3. The van der Waals surface area contributed by atoms with Gasteiger partial charge in [-0.3, -0.25) is 4.79 Å². The zero-order chi connectivity index (χ0) is 21.4. The molecule has 0 radical (unpaired) electrons. The highest BCUT2D eigenvalue weighted by molar-refractivity contribution is 5.94. The highest BCUT2D eigenvalue weighted by atomic mass is 16.2. The van der Waals surface area contributed by atoms with Crippen LogP contribution in [0.2, 0.25) is 0 Å². The van der Waals surface area contributed by atoms with Gasteiger partial charge in [-0.2, -0.15) is 0 Å². The van der Waals surface area contributed by atoms with E-state index in [1.807, 2.05) is 42.4 Å². The van der Waals surface area contributed by atoms with E-state index < -0.39 is 0 Å². The fraction of sp³-hybridized carbons (Fsp3) is 0.462. The Bertz CT molecular complexity index is 1050. The van der Waals surface area contributed by atoms with Gasteiger partial charge in [0.1, 0.15) is 5.65 Å². The Balaban J connectivity index is 1.38. The van der Waals surface area contributed by atoms with E-state index in [1.54, 1.807) is 0 Å². The first kappa shape index (κ1) is 20.3. The van der Waals surface area contributed by atoms with Crippen molar-refractivity contribution in [1.82, 2.24) is 19.6 Å². The molecule has 2 saturated carbocycles. The van der Waals surface area contributed by atoms with E-state index in [-0.39, 0.29) is 5.91 Å². The molecule has 5 nitrogen and oxygen atoms in total. The largest absolute Gasteiger partial charge is 0.340 e. The van der Waals surface area contributed by atoms with Crippen LogP contribution in [-0.2, 0) is 13.0 Å². The molecule has 2 aromatic heterocycles. The van der Waals surface area contributed by atoms with Gasteiger partial charge in [0.05, 0.1) is 5.69 Å². The third-order valence-corrected chi connectivity index (χ3v) is 6.84. The number of rotatable bonds is 9. The minimum Gasteiger partial charge on any atom is -0.340 e. The SMILES string of the molecule is Cc1cccn2c(CNC(C3CC3)C3CC3)c(C(=O)N(C)CCc3ccccc3)nc12. The number of carbonyl (C=O) groups is 1. The Hall–Kier alpha value is -2.66. The lowest BCUT2D eigenvalue weighted by molar-refractivity contribution is 0.0790. The quantitative estimate of drug-likeness (QED) is 0.568. The molecule has 162 valence electrons. The zero-order valence-corrected chi connectivity index (χ0v) is 18.6. The van der Waals surface area contributed by atoms with E-state index in [2.05, 4.69) is 34.8 Å². The maximum absolute atomic E-state index is 13.4. The van der Waals surface area contributed by atoms with Crippen molar-refractivity contribution in [2.24, 2.45) is 11.8 Å². The van der Waals surface area contributed by atoms with Gasteiger partial charge in [-0.25, -0.2) is 4.98 Å². The van der Waals surface area contributed by atoms with Gasteiger partial charge >= 0.3 is 0 Å². The lowest BCUT2D eigenvalue weighted by Gasteiger charge is -2.19. The first-order chi connectivity index (χ1) is 15.1. The summed E-state index contributed by atoms with van der Waals surface area (Å²) in [5, 5.41) is 3.82. The van der Waals surface area contributed by atoms with E-state index >= 15 is 0 Å². The normalized spacial score (nSPS) is 16.2. The summed E-state index contributed by atoms with van der Waals surface area (Å²) < 4.78 is 2.11. The molecule has 1 aromatic carbocycles. The Kier molecular flexibility index (Phi) is 5.53. The summed E-state index contributed by atoms with van der Waals surface area (Å²) in [5.41, 5.74) is 4.79. The summed E-state index contributed by atoms with van der Waals surface area (Å²) in [7, 11) is 1.89. The third kappa shape index (κ3) is 4.38. The maximum Gasteiger partial charge on any atom is 0.274 e. The molecule has 0 saturated heterocycles. The number of imidazole rings is 1. The monoisotopic (exact) mass is 416 g/mol. The molecule has 2 fully saturated rings. The van der Waals surface area contributed by atoms with E-state index in [9.17, 15) is 4.79 Å². The third-order valence-electron chi connectivity index (χ3n) is 6.84. The smallest absolute Gasteiger partial charge is 0.274 e. The predicted molar refractivity (Wildman–Crippen MR) is 123 cm³/mol. The Morgan fingerprint density at radius 2 is 1.84 bits per heavy atom. The number of aryl methyl sites for hydroxylation is 1. The van der Waals surface area contributed by atoms with Gasteiger partial charge in [0.25, 0.3) is 5.91 Å².